The molecule has 2 heterocycles. The van der Waals surface area contributed by atoms with Crippen molar-refractivity contribution in [1.82, 2.24) is 19.6 Å². The lowest BCUT2D eigenvalue weighted by Crippen LogP contribution is -2.40. The van der Waals surface area contributed by atoms with Crippen LogP contribution in [0, 0.1) is 12.8 Å². The van der Waals surface area contributed by atoms with Crippen molar-refractivity contribution < 1.29 is 8.78 Å². The number of hydrogen-bond acceptors (Lipinski definition) is 3. The zero-order chi connectivity index (χ0) is 13.8. The zero-order valence-electron chi connectivity index (χ0n) is 10.7. The first-order chi connectivity index (χ1) is 8.87. The first kappa shape index (κ1) is 12.3. The maximum absolute atomic E-state index is 12.8. The molecule has 0 atom stereocenters. The first-order valence-corrected chi connectivity index (χ1v) is 6.15. The Morgan fingerprint density at radius 3 is 2.79 bits per heavy atom. The SMILES string of the molecule is Cc1c2cnn(CC3CC(F)(F)C3)c(=O)c2nn1C. The van der Waals surface area contributed by atoms with Crippen molar-refractivity contribution in [3.63, 3.8) is 0 Å². The fourth-order valence-electron chi connectivity index (χ4n) is 2.53. The summed E-state index contributed by atoms with van der Waals surface area (Å²) in [6.45, 7) is 2.09. The van der Waals surface area contributed by atoms with Crippen molar-refractivity contribution in [2.45, 2.75) is 32.2 Å². The van der Waals surface area contributed by atoms with Crippen LogP contribution in [0.15, 0.2) is 11.0 Å². The van der Waals surface area contributed by atoms with E-state index in [2.05, 4.69) is 10.2 Å². The molecule has 1 aliphatic carbocycles. The molecule has 0 unspecified atom stereocenters. The highest BCUT2D eigenvalue weighted by Crippen LogP contribution is 2.42. The summed E-state index contributed by atoms with van der Waals surface area (Å²) >= 11 is 0. The largest absolute Gasteiger partial charge is 0.295 e. The molecule has 0 spiro atoms. The molecule has 19 heavy (non-hydrogen) atoms. The number of halogens is 2. The summed E-state index contributed by atoms with van der Waals surface area (Å²) in [5.41, 5.74) is 0.902. The van der Waals surface area contributed by atoms with Gasteiger partial charge in [-0.2, -0.15) is 10.2 Å². The van der Waals surface area contributed by atoms with Gasteiger partial charge in [0.15, 0.2) is 5.52 Å². The Morgan fingerprint density at radius 1 is 1.47 bits per heavy atom. The van der Waals surface area contributed by atoms with Gasteiger partial charge in [-0.05, 0) is 12.8 Å². The van der Waals surface area contributed by atoms with Crippen LogP contribution < -0.4 is 5.56 Å². The molecule has 3 rings (SSSR count). The second kappa shape index (κ2) is 3.85. The van der Waals surface area contributed by atoms with Gasteiger partial charge < -0.3 is 0 Å². The summed E-state index contributed by atoms with van der Waals surface area (Å²) in [6, 6.07) is 0. The number of hydrogen-bond donors (Lipinski definition) is 0. The quantitative estimate of drug-likeness (QED) is 0.829. The van der Waals surface area contributed by atoms with Crippen LogP contribution in [-0.2, 0) is 13.6 Å². The van der Waals surface area contributed by atoms with E-state index in [4.69, 9.17) is 0 Å². The molecule has 1 saturated carbocycles. The molecule has 5 nitrogen and oxygen atoms in total. The highest BCUT2D eigenvalue weighted by molar-refractivity contribution is 5.79. The van der Waals surface area contributed by atoms with E-state index in [1.54, 1.807) is 17.9 Å². The molecule has 1 aliphatic rings. The second-order valence-corrected chi connectivity index (χ2v) is 5.23. The number of aryl methyl sites for hydroxylation is 2. The van der Waals surface area contributed by atoms with Gasteiger partial charge in [-0.15, -0.1) is 0 Å². The van der Waals surface area contributed by atoms with E-state index >= 15 is 0 Å². The normalized spacial score (nSPS) is 18.7. The van der Waals surface area contributed by atoms with E-state index in [1.807, 2.05) is 6.92 Å². The van der Waals surface area contributed by atoms with Crippen molar-refractivity contribution in [3.05, 3.63) is 22.2 Å². The number of fused-ring (bicyclic) bond motifs is 1. The molecule has 0 aliphatic heterocycles. The molecule has 0 bridgehead atoms. The third-order valence-corrected chi connectivity index (χ3v) is 3.75. The fourth-order valence-corrected chi connectivity index (χ4v) is 2.53. The number of alkyl halides is 2. The van der Waals surface area contributed by atoms with Crippen LogP contribution >= 0.6 is 0 Å². The lowest BCUT2D eigenvalue weighted by Gasteiger charge is -2.34. The van der Waals surface area contributed by atoms with Crippen molar-refractivity contribution >= 4 is 10.9 Å². The topological polar surface area (TPSA) is 52.7 Å². The molecular weight excluding hydrogens is 254 g/mol. The van der Waals surface area contributed by atoms with Crippen LogP contribution in [0.1, 0.15) is 18.5 Å². The molecule has 102 valence electrons. The Labute approximate surface area is 107 Å². The van der Waals surface area contributed by atoms with Crippen molar-refractivity contribution in [2.75, 3.05) is 0 Å². The predicted octanol–water partition coefficient (Wildman–Crippen LogP) is 1.48. The average Bonchev–Trinajstić information content (AvgIpc) is 2.58. The van der Waals surface area contributed by atoms with Crippen molar-refractivity contribution in [3.8, 4) is 0 Å². The van der Waals surface area contributed by atoms with Gasteiger partial charge in [-0.3, -0.25) is 9.48 Å². The van der Waals surface area contributed by atoms with Crippen LogP contribution in [0.4, 0.5) is 8.78 Å². The fraction of sp³-hybridized carbons (Fsp3) is 0.583. The summed E-state index contributed by atoms with van der Waals surface area (Å²) in [5, 5.41) is 8.91. The van der Waals surface area contributed by atoms with Crippen LogP contribution in [0.2, 0.25) is 0 Å². The summed E-state index contributed by atoms with van der Waals surface area (Å²) in [4.78, 5) is 12.2. The van der Waals surface area contributed by atoms with Crippen molar-refractivity contribution in [2.24, 2.45) is 13.0 Å². The van der Waals surface area contributed by atoms with Crippen LogP contribution in [0.3, 0.4) is 0 Å². The highest BCUT2D eigenvalue weighted by atomic mass is 19.3. The molecule has 2 aromatic rings. The molecular formula is C12H14F2N4O. The van der Waals surface area contributed by atoms with E-state index in [-0.39, 0.29) is 30.9 Å². The minimum Gasteiger partial charge on any atom is -0.271 e. The molecule has 0 amide bonds. The van der Waals surface area contributed by atoms with Crippen LogP contribution in [0.25, 0.3) is 10.9 Å². The van der Waals surface area contributed by atoms with E-state index in [0.717, 1.165) is 5.69 Å². The minimum absolute atomic E-state index is 0.166. The molecule has 0 N–H and O–H groups in total. The summed E-state index contributed by atoms with van der Waals surface area (Å²) in [6.07, 6.45) is 1.25. The maximum Gasteiger partial charge on any atom is 0.295 e. The Balaban J connectivity index is 1.93. The zero-order valence-corrected chi connectivity index (χ0v) is 10.7. The molecule has 1 fully saturated rings. The minimum atomic E-state index is -2.57. The first-order valence-electron chi connectivity index (χ1n) is 6.15. The Hall–Kier alpha value is -1.79. The average molecular weight is 268 g/mol. The Bertz CT molecular complexity index is 696. The van der Waals surface area contributed by atoms with Gasteiger partial charge in [0.1, 0.15) is 0 Å². The van der Waals surface area contributed by atoms with Gasteiger partial charge in [0, 0.05) is 37.5 Å². The summed E-state index contributed by atoms with van der Waals surface area (Å²) < 4.78 is 28.4. The summed E-state index contributed by atoms with van der Waals surface area (Å²) in [5.74, 6) is -2.75. The van der Waals surface area contributed by atoms with Crippen molar-refractivity contribution in [1.29, 1.82) is 0 Å². The third-order valence-electron chi connectivity index (χ3n) is 3.75. The molecule has 0 saturated heterocycles. The highest BCUT2D eigenvalue weighted by Gasteiger charge is 2.45. The molecule has 0 aromatic carbocycles. The Kier molecular flexibility index (Phi) is 2.48. The number of rotatable bonds is 2. The van der Waals surface area contributed by atoms with E-state index < -0.39 is 5.92 Å². The predicted molar refractivity (Wildman–Crippen MR) is 65.2 cm³/mol. The Morgan fingerprint density at radius 2 is 2.16 bits per heavy atom. The smallest absolute Gasteiger partial charge is 0.271 e. The standard InChI is InChI=1S/C12H14F2N4O/c1-7-9-5-15-18(6-8-3-12(13,14)4-8)11(19)10(9)16-17(7)2/h5,8H,3-4,6H2,1-2H3. The number of nitrogens with zero attached hydrogens (tertiary/aromatic N) is 4. The van der Waals surface area contributed by atoms with Crippen LogP contribution in [0.5, 0.6) is 0 Å². The molecule has 2 aromatic heterocycles. The lowest BCUT2D eigenvalue weighted by molar-refractivity contribution is -0.114. The van der Waals surface area contributed by atoms with Gasteiger partial charge in [0.2, 0.25) is 5.92 Å². The van der Waals surface area contributed by atoms with E-state index in [0.29, 0.717) is 10.9 Å². The van der Waals surface area contributed by atoms with Gasteiger partial charge in [0.05, 0.1) is 6.20 Å². The van der Waals surface area contributed by atoms with Gasteiger partial charge in [0.25, 0.3) is 5.56 Å². The van der Waals surface area contributed by atoms with Gasteiger partial charge in [-0.25, -0.2) is 13.5 Å². The molecule has 0 radical (unpaired) electrons. The van der Waals surface area contributed by atoms with Gasteiger partial charge in [-0.1, -0.05) is 0 Å². The molecule has 7 heteroatoms. The third kappa shape index (κ3) is 1.93. The van der Waals surface area contributed by atoms with Crippen LogP contribution in [-0.4, -0.2) is 25.5 Å². The monoisotopic (exact) mass is 268 g/mol. The number of aromatic nitrogens is 4. The second-order valence-electron chi connectivity index (χ2n) is 5.23. The summed E-state index contributed by atoms with van der Waals surface area (Å²) in [7, 11) is 1.76. The van der Waals surface area contributed by atoms with E-state index in [1.165, 1.54) is 4.68 Å². The van der Waals surface area contributed by atoms with E-state index in [9.17, 15) is 13.6 Å². The lowest BCUT2D eigenvalue weighted by atomic mass is 9.81. The van der Waals surface area contributed by atoms with Gasteiger partial charge >= 0.3 is 0 Å². The maximum atomic E-state index is 12.8.